The van der Waals surface area contributed by atoms with E-state index in [2.05, 4.69) is 15.2 Å². The van der Waals surface area contributed by atoms with Gasteiger partial charge in [-0.05, 0) is 58.9 Å². The number of amides is 2. The van der Waals surface area contributed by atoms with Gasteiger partial charge in [0.15, 0.2) is 5.82 Å². The lowest BCUT2D eigenvalue weighted by Crippen LogP contribution is -2.42. The van der Waals surface area contributed by atoms with Crippen LogP contribution in [0, 0.1) is 0 Å². The minimum Gasteiger partial charge on any atom is -0.446 e. The highest BCUT2D eigenvalue weighted by atomic mass is 32.2. The van der Waals surface area contributed by atoms with Crippen LogP contribution in [0.2, 0.25) is 0 Å². The van der Waals surface area contributed by atoms with E-state index in [1.807, 2.05) is 0 Å². The highest BCUT2D eigenvalue weighted by Gasteiger charge is 2.30. The maximum Gasteiger partial charge on any atom is 0.422 e. The molecule has 0 aliphatic heterocycles. The van der Waals surface area contributed by atoms with E-state index in [9.17, 15) is 14.4 Å². The standard InChI is InChI=1S/C24H27N5O5S/c1-16(2)33-22(31)29-20(18-13-9-10-14-25-18)26-27-21(29)35-15-19(30)28(17-11-7-6-8-12-17)23(32)34-24(3,4)5/h6-14,16H,15H2,1-5H3. The largest absolute Gasteiger partial charge is 0.446 e. The van der Waals surface area contributed by atoms with Crippen LogP contribution >= 0.6 is 11.8 Å². The van der Waals surface area contributed by atoms with Gasteiger partial charge in [0.2, 0.25) is 11.1 Å². The van der Waals surface area contributed by atoms with Crippen molar-refractivity contribution in [2.75, 3.05) is 10.7 Å². The summed E-state index contributed by atoms with van der Waals surface area (Å²) in [6.45, 7) is 8.59. The maximum absolute atomic E-state index is 13.2. The molecule has 2 amide bonds. The summed E-state index contributed by atoms with van der Waals surface area (Å²) in [6.07, 6.45) is -0.324. The lowest BCUT2D eigenvalue weighted by molar-refractivity contribution is -0.116. The molecule has 2 heterocycles. The number of thioether (sulfide) groups is 1. The molecule has 35 heavy (non-hydrogen) atoms. The zero-order valence-electron chi connectivity index (χ0n) is 20.2. The Morgan fingerprint density at radius 2 is 1.71 bits per heavy atom. The van der Waals surface area contributed by atoms with Crippen molar-refractivity contribution >= 4 is 35.5 Å². The first-order valence-corrected chi connectivity index (χ1v) is 11.9. The van der Waals surface area contributed by atoms with E-state index < -0.39 is 23.7 Å². The Bertz CT molecular complexity index is 1180. The van der Waals surface area contributed by atoms with Gasteiger partial charge in [-0.3, -0.25) is 9.78 Å². The Morgan fingerprint density at radius 1 is 1.03 bits per heavy atom. The summed E-state index contributed by atoms with van der Waals surface area (Å²) >= 11 is 0.946. The maximum atomic E-state index is 13.2. The monoisotopic (exact) mass is 497 g/mol. The molecule has 1 aromatic carbocycles. The van der Waals surface area contributed by atoms with Gasteiger partial charge in [0.05, 0.1) is 17.5 Å². The number of benzene rings is 1. The van der Waals surface area contributed by atoms with Crippen LogP contribution in [0.1, 0.15) is 34.6 Å². The highest BCUT2D eigenvalue weighted by Crippen LogP contribution is 2.25. The summed E-state index contributed by atoms with van der Waals surface area (Å²) in [5.74, 6) is -0.594. The number of hydrogen-bond acceptors (Lipinski definition) is 9. The molecule has 10 nitrogen and oxygen atoms in total. The number of hydrogen-bond donors (Lipinski definition) is 0. The molecular weight excluding hydrogens is 470 g/mol. The van der Waals surface area contributed by atoms with Crippen LogP contribution in [0.5, 0.6) is 0 Å². The minimum atomic E-state index is -0.802. The fourth-order valence-electron chi connectivity index (χ4n) is 2.87. The summed E-state index contributed by atoms with van der Waals surface area (Å²) < 4.78 is 12.0. The molecule has 11 heteroatoms. The average Bonchev–Trinajstić information content (AvgIpc) is 3.22. The number of aromatic nitrogens is 4. The number of nitrogens with zero attached hydrogens (tertiary/aromatic N) is 5. The molecule has 0 aliphatic carbocycles. The molecule has 3 rings (SSSR count). The van der Waals surface area contributed by atoms with Gasteiger partial charge >= 0.3 is 12.2 Å². The van der Waals surface area contributed by atoms with Crippen LogP contribution in [0.3, 0.4) is 0 Å². The fraction of sp³-hybridized carbons (Fsp3) is 0.333. The Morgan fingerprint density at radius 3 is 2.31 bits per heavy atom. The lowest BCUT2D eigenvalue weighted by atomic mass is 10.2. The molecule has 0 fully saturated rings. The quantitative estimate of drug-likeness (QED) is 0.443. The van der Waals surface area contributed by atoms with Crippen molar-refractivity contribution in [2.24, 2.45) is 0 Å². The van der Waals surface area contributed by atoms with E-state index in [1.165, 1.54) is 4.57 Å². The molecule has 0 N–H and O–H groups in total. The molecule has 0 aliphatic rings. The first-order valence-electron chi connectivity index (χ1n) is 10.9. The van der Waals surface area contributed by atoms with Gasteiger partial charge in [-0.25, -0.2) is 19.1 Å². The first kappa shape index (κ1) is 25.9. The first-order chi connectivity index (χ1) is 16.6. The topological polar surface area (TPSA) is 117 Å². The molecule has 0 unspecified atom stereocenters. The number of rotatable bonds is 6. The van der Waals surface area contributed by atoms with Crippen LogP contribution in [-0.2, 0) is 14.3 Å². The number of carbonyl (C=O) groups excluding carboxylic acids is 3. The smallest absolute Gasteiger partial charge is 0.422 e. The summed E-state index contributed by atoms with van der Waals surface area (Å²) in [7, 11) is 0. The van der Waals surface area contributed by atoms with Gasteiger partial charge in [0.1, 0.15) is 11.3 Å². The Balaban J connectivity index is 1.89. The normalized spacial score (nSPS) is 11.3. The van der Waals surface area contributed by atoms with Crippen LogP contribution in [0.4, 0.5) is 15.3 Å². The third-order valence-electron chi connectivity index (χ3n) is 4.21. The van der Waals surface area contributed by atoms with Gasteiger partial charge < -0.3 is 9.47 Å². The van der Waals surface area contributed by atoms with Crippen LogP contribution in [0.25, 0.3) is 11.5 Å². The second kappa shape index (κ2) is 11.1. The lowest BCUT2D eigenvalue weighted by Gasteiger charge is -2.26. The third kappa shape index (κ3) is 6.89. The van der Waals surface area contributed by atoms with Crippen molar-refractivity contribution in [2.45, 2.75) is 51.5 Å². The highest BCUT2D eigenvalue weighted by molar-refractivity contribution is 7.99. The number of imide groups is 1. The Kier molecular flexibility index (Phi) is 8.23. The number of para-hydroxylation sites is 1. The zero-order chi connectivity index (χ0) is 25.6. The van der Waals surface area contributed by atoms with Crippen molar-refractivity contribution < 1.29 is 23.9 Å². The van der Waals surface area contributed by atoms with E-state index in [0.717, 1.165) is 16.7 Å². The van der Waals surface area contributed by atoms with Gasteiger partial charge in [0, 0.05) is 6.20 Å². The molecule has 0 bridgehead atoms. The average molecular weight is 498 g/mol. The van der Waals surface area contributed by atoms with Gasteiger partial charge in [-0.2, -0.15) is 0 Å². The number of ether oxygens (including phenoxy) is 2. The third-order valence-corrected chi connectivity index (χ3v) is 5.12. The van der Waals surface area contributed by atoms with E-state index in [1.54, 1.807) is 89.3 Å². The molecule has 0 saturated carbocycles. The van der Waals surface area contributed by atoms with E-state index in [4.69, 9.17) is 9.47 Å². The molecule has 0 spiro atoms. The molecule has 0 radical (unpaired) electrons. The van der Waals surface area contributed by atoms with E-state index in [-0.39, 0.29) is 22.8 Å². The predicted octanol–water partition coefficient (Wildman–Crippen LogP) is 4.79. The summed E-state index contributed by atoms with van der Waals surface area (Å²) in [5, 5.41) is 8.30. The SMILES string of the molecule is CC(C)OC(=O)n1c(SCC(=O)N(C(=O)OC(C)(C)C)c2ccccc2)nnc1-c1ccccn1. The van der Waals surface area contributed by atoms with Gasteiger partial charge in [-0.15, -0.1) is 10.2 Å². The van der Waals surface area contributed by atoms with Crippen molar-refractivity contribution in [3.63, 3.8) is 0 Å². The van der Waals surface area contributed by atoms with Crippen LogP contribution in [0.15, 0.2) is 59.9 Å². The second-order valence-electron chi connectivity index (χ2n) is 8.62. The number of pyridine rings is 1. The van der Waals surface area contributed by atoms with Crippen molar-refractivity contribution in [3.8, 4) is 11.5 Å². The van der Waals surface area contributed by atoms with Crippen LogP contribution < -0.4 is 4.90 Å². The predicted molar refractivity (Wildman–Crippen MR) is 131 cm³/mol. The molecule has 3 aromatic rings. The number of anilines is 1. The molecule has 0 atom stereocenters. The fourth-order valence-corrected chi connectivity index (χ4v) is 3.64. The van der Waals surface area contributed by atoms with Crippen molar-refractivity contribution in [3.05, 3.63) is 54.7 Å². The number of carbonyl (C=O) groups is 3. The van der Waals surface area contributed by atoms with E-state index in [0.29, 0.717) is 11.4 Å². The summed E-state index contributed by atoms with van der Waals surface area (Å²) in [5.41, 5.74) is -0.0173. The zero-order valence-corrected chi connectivity index (χ0v) is 21.0. The molecule has 0 saturated heterocycles. The van der Waals surface area contributed by atoms with Gasteiger partial charge in [0.25, 0.3) is 0 Å². The molecule has 2 aromatic heterocycles. The van der Waals surface area contributed by atoms with Crippen molar-refractivity contribution in [1.82, 2.24) is 19.7 Å². The molecular formula is C24H27N5O5S. The van der Waals surface area contributed by atoms with E-state index >= 15 is 0 Å². The summed E-state index contributed by atoms with van der Waals surface area (Å²) in [6, 6.07) is 13.6. The minimum absolute atomic E-state index is 0.127. The van der Waals surface area contributed by atoms with Crippen molar-refractivity contribution in [1.29, 1.82) is 0 Å². The Hall–Kier alpha value is -3.73. The Labute approximate surface area is 207 Å². The van der Waals surface area contributed by atoms with Gasteiger partial charge in [-0.1, -0.05) is 36.0 Å². The summed E-state index contributed by atoms with van der Waals surface area (Å²) in [4.78, 5) is 44.1. The second-order valence-corrected chi connectivity index (χ2v) is 9.57. The molecule has 184 valence electrons. The van der Waals surface area contributed by atoms with Crippen LogP contribution in [-0.4, -0.2) is 55.3 Å².